The molecule has 0 fully saturated rings. The zero-order valence-electron chi connectivity index (χ0n) is 9.82. The van der Waals surface area contributed by atoms with E-state index < -0.39 is 5.91 Å². The number of rotatable bonds is 4. The molecule has 9 heteroatoms. The van der Waals surface area contributed by atoms with Crippen molar-refractivity contribution >= 4 is 33.6 Å². The van der Waals surface area contributed by atoms with Crippen molar-refractivity contribution in [1.29, 1.82) is 0 Å². The lowest BCUT2D eigenvalue weighted by Crippen LogP contribution is -2.14. The second kappa shape index (κ2) is 5.57. The molecule has 0 spiro atoms. The van der Waals surface area contributed by atoms with E-state index in [0.29, 0.717) is 10.3 Å². The highest BCUT2D eigenvalue weighted by atomic mass is 79.9. The minimum absolute atomic E-state index is 0.205. The van der Waals surface area contributed by atoms with Crippen molar-refractivity contribution in [1.82, 2.24) is 24.7 Å². The fourth-order valence-corrected chi connectivity index (χ4v) is 1.56. The van der Waals surface area contributed by atoms with Gasteiger partial charge >= 0.3 is 6.01 Å². The van der Waals surface area contributed by atoms with Gasteiger partial charge in [-0.25, -0.2) is 19.6 Å². The molecular formula is C10H9BrN6O2. The van der Waals surface area contributed by atoms with Gasteiger partial charge in [-0.15, -0.1) is 5.10 Å². The van der Waals surface area contributed by atoms with Gasteiger partial charge in [-0.3, -0.25) is 4.79 Å². The fourth-order valence-electron chi connectivity index (χ4n) is 1.29. The number of carbonyl (C=O) groups excluding carboxylic acids is 1. The van der Waals surface area contributed by atoms with Gasteiger partial charge in [0.15, 0.2) is 0 Å². The molecule has 0 aliphatic heterocycles. The predicted octanol–water partition coefficient (Wildman–Crippen LogP) is 0.323. The highest BCUT2D eigenvalue weighted by Crippen LogP contribution is 2.15. The summed E-state index contributed by atoms with van der Waals surface area (Å²) in [4.78, 5) is 23.2. The second-order valence-corrected chi connectivity index (χ2v) is 4.07. The summed E-state index contributed by atoms with van der Waals surface area (Å²) in [5.74, 6) is -0.625. The SMILES string of the molecule is COc1ncc(/C(=C\n2cnc(Br)n2)C(N)=O)cn1. The Morgan fingerprint density at radius 3 is 2.58 bits per heavy atom. The van der Waals surface area contributed by atoms with Crippen LogP contribution in [0.15, 0.2) is 23.5 Å². The van der Waals surface area contributed by atoms with Gasteiger partial charge in [0.2, 0.25) is 4.73 Å². The lowest BCUT2D eigenvalue weighted by molar-refractivity contribution is -0.112. The Labute approximate surface area is 116 Å². The number of aromatic nitrogens is 5. The van der Waals surface area contributed by atoms with Crippen LogP contribution in [0.1, 0.15) is 5.56 Å². The maximum absolute atomic E-state index is 11.5. The fraction of sp³-hybridized carbons (Fsp3) is 0.100. The number of nitrogens with zero attached hydrogens (tertiary/aromatic N) is 5. The van der Waals surface area contributed by atoms with Crippen LogP contribution < -0.4 is 10.5 Å². The smallest absolute Gasteiger partial charge is 0.316 e. The quantitative estimate of drug-likeness (QED) is 0.811. The summed E-state index contributed by atoms with van der Waals surface area (Å²) in [5.41, 5.74) is 5.99. The van der Waals surface area contributed by atoms with E-state index in [1.165, 1.54) is 36.7 Å². The monoisotopic (exact) mass is 324 g/mol. The first-order valence-electron chi connectivity index (χ1n) is 5.05. The first-order chi connectivity index (χ1) is 9.10. The molecule has 0 aromatic carbocycles. The van der Waals surface area contributed by atoms with Gasteiger partial charge < -0.3 is 10.5 Å². The molecule has 0 aliphatic carbocycles. The van der Waals surface area contributed by atoms with E-state index in [1.54, 1.807) is 0 Å². The molecule has 0 aliphatic rings. The number of halogens is 1. The van der Waals surface area contributed by atoms with Crippen LogP contribution in [0, 0.1) is 0 Å². The molecular weight excluding hydrogens is 316 g/mol. The Balaban J connectivity index is 2.39. The van der Waals surface area contributed by atoms with E-state index in [-0.39, 0.29) is 11.6 Å². The highest BCUT2D eigenvalue weighted by molar-refractivity contribution is 9.10. The standard InChI is InChI=1S/C10H9BrN6O2/c1-19-10-13-2-6(3-14-10)7(8(12)18)4-17-5-15-9(11)16-17/h2-5H,1H3,(H2,12,18)/b7-4+. The summed E-state index contributed by atoms with van der Waals surface area (Å²) in [6.45, 7) is 0. The van der Waals surface area contributed by atoms with Crippen molar-refractivity contribution in [3.63, 3.8) is 0 Å². The van der Waals surface area contributed by atoms with E-state index in [1.807, 2.05) is 0 Å². The molecule has 0 unspecified atom stereocenters. The topological polar surface area (TPSA) is 109 Å². The molecule has 0 radical (unpaired) electrons. The lowest BCUT2D eigenvalue weighted by atomic mass is 10.1. The number of primary amides is 1. The Bertz CT molecular complexity index is 621. The maximum Gasteiger partial charge on any atom is 0.316 e. The van der Waals surface area contributed by atoms with Crippen LogP contribution in [-0.2, 0) is 4.79 Å². The van der Waals surface area contributed by atoms with E-state index in [9.17, 15) is 4.79 Å². The molecule has 0 bridgehead atoms. The van der Waals surface area contributed by atoms with E-state index >= 15 is 0 Å². The number of methoxy groups -OCH3 is 1. The number of ether oxygens (including phenoxy) is 1. The highest BCUT2D eigenvalue weighted by Gasteiger charge is 2.11. The molecule has 8 nitrogen and oxygen atoms in total. The Kier molecular flexibility index (Phi) is 3.85. The summed E-state index contributed by atoms with van der Waals surface area (Å²) in [5, 5.41) is 3.96. The lowest BCUT2D eigenvalue weighted by Gasteiger charge is -2.03. The number of amides is 1. The molecule has 19 heavy (non-hydrogen) atoms. The Morgan fingerprint density at radius 2 is 2.11 bits per heavy atom. The van der Waals surface area contributed by atoms with Gasteiger partial charge in [0.1, 0.15) is 6.33 Å². The third-order valence-electron chi connectivity index (χ3n) is 2.13. The Morgan fingerprint density at radius 1 is 1.42 bits per heavy atom. The van der Waals surface area contributed by atoms with Gasteiger partial charge in [-0.2, -0.15) is 0 Å². The van der Waals surface area contributed by atoms with Crippen LogP contribution in [0.2, 0.25) is 0 Å². The van der Waals surface area contributed by atoms with Crippen molar-refractivity contribution in [2.75, 3.05) is 7.11 Å². The van der Waals surface area contributed by atoms with Gasteiger partial charge in [0.05, 0.1) is 12.7 Å². The molecule has 2 aromatic heterocycles. The van der Waals surface area contributed by atoms with Crippen LogP contribution in [0.4, 0.5) is 0 Å². The number of hydrogen-bond donors (Lipinski definition) is 1. The first kappa shape index (κ1) is 13.1. The van der Waals surface area contributed by atoms with Gasteiger partial charge in [0, 0.05) is 24.2 Å². The minimum Gasteiger partial charge on any atom is -0.467 e. The largest absolute Gasteiger partial charge is 0.467 e. The van der Waals surface area contributed by atoms with Gasteiger partial charge in [-0.05, 0) is 15.9 Å². The van der Waals surface area contributed by atoms with Crippen LogP contribution in [0.5, 0.6) is 6.01 Å². The van der Waals surface area contributed by atoms with Crippen molar-refractivity contribution < 1.29 is 9.53 Å². The molecule has 0 saturated carbocycles. The van der Waals surface area contributed by atoms with E-state index in [4.69, 9.17) is 10.5 Å². The van der Waals surface area contributed by atoms with Crippen molar-refractivity contribution in [2.45, 2.75) is 0 Å². The molecule has 0 saturated heterocycles. The van der Waals surface area contributed by atoms with E-state index in [0.717, 1.165) is 0 Å². The molecule has 98 valence electrons. The number of carbonyl (C=O) groups is 1. The maximum atomic E-state index is 11.5. The Hall–Kier alpha value is -2.29. The molecule has 2 aromatic rings. The molecule has 0 atom stereocenters. The normalized spacial score (nSPS) is 11.4. The van der Waals surface area contributed by atoms with Gasteiger partial charge in [-0.1, -0.05) is 0 Å². The van der Waals surface area contributed by atoms with Crippen LogP contribution in [-0.4, -0.2) is 37.7 Å². The number of hydrogen-bond acceptors (Lipinski definition) is 6. The number of nitrogens with two attached hydrogens (primary N) is 1. The third-order valence-corrected chi connectivity index (χ3v) is 2.49. The predicted molar refractivity (Wildman–Crippen MR) is 69.7 cm³/mol. The van der Waals surface area contributed by atoms with Gasteiger partial charge in [0.25, 0.3) is 5.91 Å². The molecule has 2 heterocycles. The third kappa shape index (κ3) is 3.13. The first-order valence-corrected chi connectivity index (χ1v) is 5.84. The average Bonchev–Trinajstić information content (AvgIpc) is 2.81. The van der Waals surface area contributed by atoms with Crippen LogP contribution in [0.25, 0.3) is 11.8 Å². The van der Waals surface area contributed by atoms with Crippen LogP contribution in [0.3, 0.4) is 0 Å². The zero-order valence-corrected chi connectivity index (χ0v) is 11.4. The zero-order chi connectivity index (χ0) is 13.8. The van der Waals surface area contributed by atoms with Crippen molar-refractivity contribution in [2.24, 2.45) is 5.73 Å². The molecule has 1 amide bonds. The summed E-state index contributed by atoms with van der Waals surface area (Å²) in [7, 11) is 1.45. The summed E-state index contributed by atoms with van der Waals surface area (Å²) < 4.78 is 6.60. The average molecular weight is 325 g/mol. The second-order valence-electron chi connectivity index (χ2n) is 3.36. The summed E-state index contributed by atoms with van der Waals surface area (Å²) >= 11 is 3.10. The van der Waals surface area contributed by atoms with E-state index in [2.05, 4.69) is 36.0 Å². The van der Waals surface area contributed by atoms with Crippen LogP contribution >= 0.6 is 15.9 Å². The molecule has 2 N–H and O–H groups in total. The summed E-state index contributed by atoms with van der Waals surface area (Å²) in [6.07, 6.45) is 5.74. The summed E-state index contributed by atoms with van der Waals surface area (Å²) in [6, 6.07) is 0.205. The van der Waals surface area contributed by atoms with Crippen molar-refractivity contribution in [3.05, 3.63) is 29.0 Å². The minimum atomic E-state index is -0.625. The molecule has 2 rings (SSSR count). The van der Waals surface area contributed by atoms with Crippen molar-refractivity contribution in [3.8, 4) is 6.01 Å².